The molecule has 67 heavy (non-hydrogen) atoms. The molecule has 0 radical (unpaired) electrons. The van der Waals surface area contributed by atoms with Gasteiger partial charge in [0.15, 0.2) is 11.2 Å². The van der Waals surface area contributed by atoms with E-state index in [-0.39, 0.29) is 61.6 Å². The van der Waals surface area contributed by atoms with Gasteiger partial charge in [0, 0.05) is 63.0 Å². The zero-order chi connectivity index (χ0) is 47.8. The number of alkyl halides is 6. The van der Waals surface area contributed by atoms with Crippen LogP contribution in [0.1, 0.15) is 75.1 Å². The Morgan fingerprint density at radius 1 is 0.433 bits per heavy atom. The molecule has 0 amide bonds. The number of pyridine rings is 3. The minimum absolute atomic E-state index is 0.0286. The zero-order valence-electron chi connectivity index (χ0n) is 38.1. The van der Waals surface area contributed by atoms with Gasteiger partial charge in [-0.1, -0.05) is 90.1 Å². The highest BCUT2D eigenvalue weighted by atomic mass is 19.4. The summed E-state index contributed by atoms with van der Waals surface area (Å²) in [4.78, 5) is 14.9. The summed E-state index contributed by atoms with van der Waals surface area (Å²) in [5, 5.41) is 1.20. The first-order valence-corrected chi connectivity index (χ1v) is 21.7. The van der Waals surface area contributed by atoms with Gasteiger partial charge in [0.2, 0.25) is 0 Å². The van der Waals surface area contributed by atoms with Crippen molar-refractivity contribution in [2.45, 2.75) is 78.6 Å². The molecule has 0 aliphatic heterocycles. The fourth-order valence-electron chi connectivity index (χ4n) is 8.41. The minimum Gasteiger partial charge on any atom is -0.454 e. The van der Waals surface area contributed by atoms with E-state index in [1.807, 2.05) is 48.5 Å². The van der Waals surface area contributed by atoms with Crippen LogP contribution in [0.5, 0.6) is 0 Å². The van der Waals surface area contributed by atoms with E-state index in [2.05, 4.69) is 56.5 Å². The molecule has 0 unspecified atom stereocenters. The number of benzene rings is 4. The molecule has 0 aliphatic rings. The van der Waals surface area contributed by atoms with Crippen molar-refractivity contribution in [3.8, 4) is 45.2 Å². The first-order valence-electron chi connectivity index (χ1n) is 21.7. The van der Waals surface area contributed by atoms with E-state index in [1.165, 1.54) is 35.6 Å². The number of nitrogens with zero attached hydrogens (tertiary/aromatic N) is 4. The predicted octanol–water partition coefficient (Wildman–Crippen LogP) is 16.8. The second-order valence-electron chi connectivity index (χ2n) is 19.0. The molecule has 0 saturated heterocycles. The predicted molar refractivity (Wildman–Crippen MR) is 253 cm³/mol. The molecule has 5 heterocycles. The third kappa shape index (κ3) is 8.80. The zero-order valence-corrected chi connectivity index (χ0v) is 38.1. The van der Waals surface area contributed by atoms with Crippen LogP contribution in [0.4, 0.5) is 43.4 Å². The summed E-state index contributed by atoms with van der Waals surface area (Å²) in [6.45, 7) is 16.0. The molecule has 0 saturated carbocycles. The van der Waals surface area contributed by atoms with Gasteiger partial charge in [-0.05, 0) is 108 Å². The normalized spacial score (nSPS) is 12.6. The summed E-state index contributed by atoms with van der Waals surface area (Å²) in [6, 6.07) is 31.2. The van der Waals surface area contributed by atoms with E-state index < -0.39 is 23.5 Å². The van der Waals surface area contributed by atoms with E-state index in [0.717, 1.165) is 46.5 Å². The summed E-state index contributed by atoms with van der Waals surface area (Å²) >= 11 is 0. The quantitative estimate of drug-likeness (QED) is 0.148. The average molecular weight is 909 g/mol. The number of fused-ring (bicyclic) bond motifs is 2. The van der Waals surface area contributed by atoms with Crippen LogP contribution in [0.25, 0.3) is 67.1 Å². The van der Waals surface area contributed by atoms with Crippen molar-refractivity contribution in [3.63, 3.8) is 0 Å². The fourth-order valence-corrected chi connectivity index (χ4v) is 8.41. The number of aryl methyl sites for hydroxylation is 2. The Balaban J connectivity index is 1.24. The van der Waals surface area contributed by atoms with Gasteiger partial charge in [-0.3, -0.25) is 15.0 Å². The van der Waals surface area contributed by atoms with Crippen LogP contribution in [0.15, 0.2) is 143 Å². The van der Waals surface area contributed by atoms with E-state index in [1.54, 1.807) is 44.2 Å². The summed E-state index contributed by atoms with van der Waals surface area (Å²) in [7, 11) is 0. The SMILES string of the molecule is Cc1ccnc(C)c1N(c1cc(-c2nccc3cc(-c4ccc(C(C)(C)C)cc4)oc23)cc(C(F)(F)F)c1)c1cc(-c2nccc3cc(-c4ccc(C(C)(C)C)cc4)oc23)cc(C(F)(F)F)c1. The van der Waals surface area contributed by atoms with Crippen molar-refractivity contribution in [2.24, 2.45) is 0 Å². The third-order valence-corrected chi connectivity index (χ3v) is 12.0. The average Bonchev–Trinajstić information content (AvgIpc) is 3.92. The van der Waals surface area contributed by atoms with Crippen LogP contribution in [-0.2, 0) is 23.2 Å². The van der Waals surface area contributed by atoms with Gasteiger partial charge in [-0.2, -0.15) is 26.3 Å². The van der Waals surface area contributed by atoms with E-state index in [0.29, 0.717) is 33.6 Å². The topological polar surface area (TPSA) is 68.2 Å². The molecule has 0 fully saturated rings. The van der Waals surface area contributed by atoms with Crippen LogP contribution in [-0.4, -0.2) is 15.0 Å². The van der Waals surface area contributed by atoms with Crippen LogP contribution in [0.3, 0.4) is 0 Å². The lowest BCUT2D eigenvalue weighted by atomic mass is 9.86. The smallest absolute Gasteiger partial charge is 0.416 e. The molecule has 12 heteroatoms. The van der Waals surface area contributed by atoms with Gasteiger partial charge in [-0.15, -0.1) is 0 Å². The van der Waals surface area contributed by atoms with Crippen molar-refractivity contribution < 1.29 is 35.2 Å². The second-order valence-corrected chi connectivity index (χ2v) is 19.0. The van der Waals surface area contributed by atoms with Crippen LogP contribution >= 0.6 is 0 Å². The molecule has 6 nitrogen and oxygen atoms in total. The van der Waals surface area contributed by atoms with E-state index >= 15 is 26.3 Å². The van der Waals surface area contributed by atoms with Gasteiger partial charge in [0.05, 0.1) is 22.5 Å². The lowest BCUT2D eigenvalue weighted by Crippen LogP contribution is -2.17. The lowest BCUT2D eigenvalue weighted by Gasteiger charge is -2.30. The molecule has 0 spiro atoms. The number of hydrogen-bond donors (Lipinski definition) is 0. The van der Waals surface area contributed by atoms with Crippen molar-refractivity contribution in [1.82, 2.24) is 15.0 Å². The Hall–Kier alpha value is -7.21. The second kappa shape index (κ2) is 16.3. The molecule has 0 aliphatic carbocycles. The highest BCUT2D eigenvalue weighted by Crippen LogP contribution is 2.47. The summed E-state index contributed by atoms with van der Waals surface area (Å²) in [5.41, 5.74) is 3.26. The number of anilines is 3. The molecule has 0 atom stereocenters. The maximum Gasteiger partial charge on any atom is 0.416 e. The molecule has 0 N–H and O–H groups in total. The Morgan fingerprint density at radius 3 is 1.21 bits per heavy atom. The first-order chi connectivity index (χ1) is 31.5. The molecular weight excluding hydrogens is 863 g/mol. The fraction of sp³-hybridized carbons (Fsp3) is 0.218. The molecule has 9 rings (SSSR count). The van der Waals surface area contributed by atoms with Gasteiger partial charge >= 0.3 is 12.4 Å². The highest BCUT2D eigenvalue weighted by Gasteiger charge is 2.36. The summed E-state index contributed by atoms with van der Waals surface area (Å²) in [6.07, 6.45) is -5.25. The van der Waals surface area contributed by atoms with Gasteiger partial charge in [-0.25, -0.2) is 0 Å². The summed E-state index contributed by atoms with van der Waals surface area (Å²) < 4.78 is 104. The van der Waals surface area contributed by atoms with Gasteiger partial charge in [0.25, 0.3) is 0 Å². The van der Waals surface area contributed by atoms with Crippen molar-refractivity contribution in [3.05, 3.63) is 167 Å². The van der Waals surface area contributed by atoms with Crippen molar-refractivity contribution in [2.75, 3.05) is 4.90 Å². The number of rotatable bonds is 7. The van der Waals surface area contributed by atoms with Crippen molar-refractivity contribution >= 4 is 39.0 Å². The minimum atomic E-state index is -4.88. The molecule has 9 aromatic rings. The maximum atomic E-state index is 15.2. The number of aromatic nitrogens is 3. The largest absolute Gasteiger partial charge is 0.454 e. The number of halogens is 6. The molecule has 4 aromatic carbocycles. The molecular formula is C55H46F6N4O2. The number of furan rings is 2. The Labute approximate surface area is 384 Å². The Kier molecular flexibility index (Phi) is 10.9. The van der Waals surface area contributed by atoms with Crippen LogP contribution in [0, 0.1) is 13.8 Å². The molecule has 0 bridgehead atoms. The Bertz CT molecular complexity index is 3100. The Morgan fingerprint density at radius 2 is 0.836 bits per heavy atom. The maximum absolute atomic E-state index is 15.2. The first kappa shape index (κ1) is 45.0. The molecule has 340 valence electrons. The van der Waals surface area contributed by atoms with Crippen molar-refractivity contribution in [1.29, 1.82) is 0 Å². The third-order valence-electron chi connectivity index (χ3n) is 12.0. The molecule has 5 aromatic heterocycles. The van der Waals surface area contributed by atoms with Crippen LogP contribution < -0.4 is 4.90 Å². The monoisotopic (exact) mass is 908 g/mol. The summed E-state index contributed by atoms with van der Waals surface area (Å²) in [5.74, 6) is 0.977. The standard InChI is InChI=1S/C55H46F6N4O2/c1-31-17-20-62-32(2)49(31)65(43-25-37(23-41(29-43)54(56,57)58)47-50-35(18-21-63-47)27-45(66-50)33-9-13-39(14-10-33)52(3,4)5)44-26-38(24-42(30-44)55(59,60)61)48-51-36(19-22-64-48)28-46(67-51)34-11-15-40(16-12-34)53(6,7)8/h9-30H,1-8H3. The van der Waals surface area contributed by atoms with Gasteiger partial charge in [0.1, 0.15) is 22.9 Å². The van der Waals surface area contributed by atoms with Crippen LogP contribution in [0.2, 0.25) is 0 Å². The van der Waals surface area contributed by atoms with Gasteiger partial charge < -0.3 is 13.7 Å². The lowest BCUT2D eigenvalue weighted by molar-refractivity contribution is -0.138. The highest BCUT2D eigenvalue weighted by molar-refractivity contribution is 5.96. The number of hydrogen-bond acceptors (Lipinski definition) is 6. The van der Waals surface area contributed by atoms with E-state index in [4.69, 9.17) is 8.83 Å². The van der Waals surface area contributed by atoms with E-state index in [9.17, 15) is 0 Å².